The van der Waals surface area contributed by atoms with Crippen LogP contribution in [0.3, 0.4) is 0 Å². The van der Waals surface area contributed by atoms with Crippen molar-refractivity contribution < 1.29 is 137 Å². The van der Waals surface area contributed by atoms with Crippen molar-refractivity contribution in [2.45, 2.75) is 227 Å². The van der Waals surface area contributed by atoms with Crippen molar-refractivity contribution in [1.82, 2.24) is 47.9 Å². The molecule has 3 fully saturated rings. The number of likely N-dealkylation sites (N-methyl/N-ethyl adjacent to an activating group) is 1. The zero-order chi connectivity index (χ0) is 91.2. The Morgan fingerprint density at radius 2 is 1.34 bits per heavy atom. The van der Waals surface area contributed by atoms with Gasteiger partial charge in [-0.25, -0.2) is 4.79 Å². The molecular formula is C86H106ClN11O28. The van der Waals surface area contributed by atoms with Gasteiger partial charge in [0.2, 0.25) is 59.3 Å². The van der Waals surface area contributed by atoms with Crippen molar-refractivity contribution >= 4 is 64.8 Å². The summed E-state index contributed by atoms with van der Waals surface area (Å²) in [6.45, 7) is 11.2. The number of primary amides is 1. The molecule has 0 spiro atoms. The second-order valence-corrected chi connectivity index (χ2v) is 33.4. The largest absolute Gasteiger partial charge is 0.508 e. The standard InChI is InChI=1S/C86H106ClN11O28/c1-9-10-23-118-46-17-11-40(12-18-46)34-91-35-60(104)98-86(7)33-62(120-39(5)76(86)109)125-74-71(107)70(106)58(36-99)123-84(74)126-73-56-27-44-28-57(73)122-55-22-16-43(26-50(55)87)69(105)67(96-77(110)51(90-8)24-37(2)3)81(114)92-52(31-59(88)103)78(111)93-65(44)80(113)94-64-42-15-21-53(101)48(25-42)63-49(29-45(100)30-54(63)102)66(83(116)117)95-82(115)68(97-79(64)112)72(41-13-19-47(121-56)20-14-41)124-61-32-85(6,89)75(108)38(4)119-61/h11-22,25-30,37-39,51-52,58,61-62,64-72,74-76,84,90-91,99-102,105-109H,9-10,23-24,31-36,89H2,1-8H3,(H2,88,103)(H,92,114)(H,93,111)(H,94,113)(H,95,115)(H,96,110)(H,97,112)(H,98,104)(H,116,117)/t38-,39-,51+,52-,58+,61-,62-,64+,65+,66-,67+,68-,69+,70+,71-,72+,74+,75-,76-,84-,85-,86-/m0/s1. The number of hydrogen-bond acceptors (Lipinski definition) is 30. The van der Waals surface area contributed by atoms with Gasteiger partial charge in [-0.3, -0.25) is 38.4 Å². The maximum absolute atomic E-state index is 16.5. The summed E-state index contributed by atoms with van der Waals surface area (Å²) in [6, 6.07) is 8.54. The number of carbonyl (C=O) groups excluding carboxylic acids is 8. The molecule has 0 saturated carbocycles. The summed E-state index contributed by atoms with van der Waals surface area (Å²) >= 11 is 7.21. The normalized spacial score (nSPS) is 29.5. The fourth-order valence-corrected chi connectivity index (χ4v) is 16.3. The van der Waals surface area contributed by atoms with E-state index < -0.39 is 256 Å². The molecule has 0 unspecified atom stereocenters. The van der Waals surface area contributed by atoms with E-state index in [4.69, 9.17) is 65.7 Å². The number of aliphatic hydroxyl groups excluding tert-OH is 6. The van der Waals surface area contributed by atoms with Crippen LogP contribution in [-0.2, 0) is 73.4 Å². The number of unbranched alkanes of at least 4 members (excludes halogenated alkanes) is 1. The molecule has 11 bridgehead atoms. The molecule has 22 atom stereocenters. The number of aliphatic carboxylic acids is 1. The number of rotatable bonds is 24. The Kier molecular flexibility index (Phi) is 29.7. The number of aromatic hydroxyl groups is 3. The van der Waals surface area contributed by atoms with Crippen molar-refractivity contribution in [2.75, 3.05) is 26.8 Å². The number of halogens is 1. The zero-order valence-corrected chi connectivity index (χ0v) is 70.7. The fraction of sp³-hybridized carbons (Fsp3) is 0.477. The second-order valence-electron chi connectivity index (χ2n) is 33.0. The number of carboxylic acids is 1. The van der Waals surface area contributed by atoms with E-state index in [1.165, 1.54) is 71.1 Å². The van der Waals surface area contributed by atoms with Crippen LogP contribution in [-0.4, -0.2) is 234 Å². The van der Waals surface area contributed by atoms with E-state index in [-0.39, 0.29) is 71.5 Å². The van der Waals surface area contributed by atoms with Gasteiger partial charge in [0, 0.05) is 47.7 Å². The Labute approximate surface area is 727 Å². The third kappa shape index (κ3) is 21.4. The number of nitrogens with two attached hydrogens (primary N) is 2. The average Bonchev–Trinajstić information content (AvgIpc) is 0.766. The summed E-state index contributed by atoms with van der Waals surface area (Å²) in [4.78, 5) is 135. The highest BCUT2D eigenvalue weighted by atomic mass is 35.5. The summed E-state index contributed by atoms with van der Waals surface area (Å²) in [6.07, 6.45) is -21.8. The van der Waals surface area contributed by atoms with Gasteiger partial charge >= 0.3 is 5.97 Å². The quantitative estimate of drug-likeness (QED) is 0.0384. The number of nitrogens with one attached hydrogen (secondary N) is 9. The van der Waals surface area contributed by atoms with Gasteiger partial charge < -0.3 is 153 Å². The highest BCUT2D eigenvalue weighted by molar-refractivity contribution is 6.32. The molecule has 0 aromatic heterocycles. The first-order chi connectivity index (χ1) is 59.7. The van der Waals surface area contributed by atoms with Crippen LogP contribution in [0.15, 0.2) is 109 Å². The predicted molar refractivity (Wildman–Crippen MR) is 443 cm³/mol. The number of aliphatic hydroxyl groups is 6. The summed E-state index contributed by atoms with van der Waals surface area (Å²) in [7, 11) is 1.47. The molecule has 8 heterocycles. The third-order valence-corrected chi connectivity index (χ3v) is 23.1. The minimum absolute atomic E-state index is 0.0610. The molecule has 0 aliphatic carbocycles. The number of phenolic OH excluding ortho intramolecular Hbond substituents is 3. The Morgan fingerprint density at radius 3 is 1.99 bits per heavy atom. The minimum atomic E-state index is -2.38. The maximum atomic E-state index is 16.5. The van der Waals surface area contributed by atoms with Gasteiger partial charge in [0.1, 0.15) is 101 Å². The first-order valence-corrected chi connectivity index (χ1v) is 41.4. The summed E-state index contributed by atoms with van der Waals surface area (Å²) in [5.41, 5.74) is 7.64. The molecule has 8 amide bonds. The lowest BCUT2D eigenvalue weighted by molar-refractivity contribution is -0.334. The molecule has 680 valence electrons. The lowest BCUT2D eigenvalue weighted by atomic mass is 9.85. The maximum Gasteiger partial charge on any atom is 0.330 e. The smallest absolute Gasteiger partial charge is 0.330 e. The van der Waals surface area contributed by atoms with E-state index in [0.717, 1.165) is 66.9 Å². The molecule has 6 aromatic carbocycles. The Hall–Kier alpha value is -11.1. The van der Waals surface area contributed by atoms with Gasteiger partial charge in [-0.15, -0.1) is 0 Å². The second kappa shape index (κ2) is 39.8. The van der Waals surface area contributed by atoms with E-state index in [1.807, 2.05) is 38.1 Å². The topological polar surface area (TPSA) is 599 Å². The van der Waals surface area contributed by atoms with Crippen LogP contribution in [0.4, 0.5) is 0 Å². The van der Waals surface area contributed by atoms with E-state index >= 15 is 24.0 Å². The third-order valence-electron chi connectivity index (χ3n) is 22.8. The Morgan fingerprint density at radius 1 is 0.690 bits per heavy atom. The molecule has 0 radical (unpaired) electrons. The van der Waals surface area contributed by atoms with Gasteiger partial charge in [-0.1, -0.05) is 75.2 Å². The van der Waals surface area contributed by atoms with Crippen molar-refractivity contribution in [1.29, 1.82) is 0 Å². The number of phenols is 3. The summed E-state index contributed by atoms with van der Waals surface area (Å²) in [5, 5.41) is 140. The van der Waals surface area contributed by atoms with E-state index in [1.54, 1.807) is 0 Å². The number of hydrogen-bond donors (Lipinski definition) is 21. The Balaban J connectivity index is 1.04. The number of ether oxygens (including phenoxy) is 9. The van der Waals surface area contributed by atoms with Crippen molar-refractivity contribution in [3.05, 3.63) is 148 Å². The molecule has 3 saturated heterocycles. The molecule has 39 nitrogen and oxygen atoms in total. The Bertz CT molecular complexity index is 5010. The van der Waals surface area contributed by atoms with Crippen LogP contribution in [0.5, 0.6) is 51.7 Å². The molecule has 126 heavy (non-hydrogen) atoms. The zero-order valence-electron chi connectivity index (χ0n) is 69.9. The predicted octanol–water partition coefficient (Wildman–Crippen LogP) is 1.82. The van der Waals surface area contributed by atoms with Crippen LogP contribution in [0, 0.1) is 5.92 Å². The lowest BCUT2D eigenvalue weighted by Gasteiger charge is -2.48. The minimum Gasteiger partial charge on any atom is -0.508 e. The van der Waals surface area contributed by atoms with Crippen molar-refractivity contribution in [3.8, 4) is 62.9 Å². The molecule has 8 aliphatic rings. The number of fused-ring (bicyclic) bond motifs is 15. The molecular weight excluding hydrogens is 1670 g/mol. The number of amides is 8. The first kappa shape index (κ1) is 94.0. The fourth-order valence-electron chi connectivity index (χ4n) is 16.0. The molecule has 8 aliphatic heterocycles. The van der Waals surface area contributed by atoms with Crippen molar-refractivity contribution in [2.24, 2.45) is 17.4 Å². The van der Waals surface area contributed by atoms with E-state index in [9.17, 15) is 70.2 Å². The number of carbonyl (C=O) groups is 9. The average molecular weight is 1780 g/mol. The number of carboxylic acid groups (broad SMARTS) is 1. The molecule has 40 heteroatoms. The van der Waals surface area contributed by atoms with E-state index in [0.29, 0.717) is 12.4 Å². The lowest BCUT2D eigenvalue weighted by Crippen LogP contribution is -2.66. The summed E-state index contributed by atoms with van der Waals surface area (Å²) in [5.74, 6) is -15.7. The van der Waals surface area contributed by atoms with Crippen molar-refractivity contribution in [3.63, 3.8) is 0 Å². The number of benzene rings is 6. The van der Waals surface area contributed by atoms with Crippen LogP contribution in [0.2, 0.25) is 5.02 Å². The monoisotopic (exact) mass is 1780 g/mol. The van der Waals surface area contributed by atoms with Crippen LogP contribution in [0.25, 0.3) is 11.1 Å². The highest BCUT2D eigenvalue weighted by Crippen LogP contribution is 2.50. The first-order valence-electron chi connectivity index (χ1n) is 41.1. The summed E-state index contributed by atoms with van der Waals surface area (Å²) < 4.78 is 58.4. The SMILES string of the molecule is CCCCOc1ccc(CNCC(=O)N[C@@]2(C)C[C@H](O[C@H]3[C@H](Oc4c5cc6cc4Oc4ccc(cc4Cl)[C@@H](O)[C@@H](NC(=O)[C@@H](CC(C)C)NC)C(=O)N[C@@H](CC(N)=O)C(=O)N[C@H]6C(=O)N[C@H]4C(=O)N[C@H](C(=O)N[C@H](C(=O)O)c6cc(O)cc(O)c6-c6cc4ccc6O)[C@H](O[C@H]4C[C@](C)(N)[C@@H](O)[C@H](C)O4)c4ccc(cc4)O5)O[C@H](CO)[C@@H](O)[C@@H]3O)O[C@@H](C)[C@@H]2O)cc1. The van der Waals surface area contributed by atoms with Crippen LogP contribution in [0.1, 0.15) is 151 Å². The van der Waals surface area contributed by atoms with Gasteiger partial charge in [0.25, 0.3) is 0 Å². The van der Waals surface area contributed by atoms with Gasteiger partial charge in [0.15, 0.2) is 36.2 Å². The molecule has 6 aromatic rings. The van der Waals surface area contributed by atoms with Gasteiger partial charge in [0.05, 0.1) is 61.1 Å². The van der Waals surface area contributed by atoms with Gasteiger partial charge in [-0.2, -0.15) is 0 Å². The van der Waals surface area contributed by atoms with Gasteiger partial charge in [-0.05, 0) is 148 Å². The van der Waals surface area contributed by atoms with Crippen LogP contribution >= 0.6 is 11.6 Å². The van der Waals surface area contributed by atoms with Crippen LogP contribution < -0.4 is 78.3 Å². The molecule has 23 N–H and O–H groups in total. The van der Waals surface area contributed by atoms with E-state index in [2.05, 4.69) is 54.8 Å². The molecule has 14 rings (SSSR count). The highest BCUT2D eigenvalue weighted by Gasteiger charge is 2.53.